The van der Waals surface area contributed by atoms with Gasteiger partial charge >= 0.3 is 0 Å². The topological polar surface area (TPSA) is 145 Å². The zero-order valence-corrected chi connectivity index (χ0v) is 19.4. The number of carbonyl (C=O) groups excluding carboxylic acids is 3. The molecule has 9 nitrogen and oxygen atoms in total. The van der Waals surface area contributed by atoms with Crippen molar-refractivity contribution in [1.29, 1.82) is 0 Å². The molecule has 1 fully saturated rings. The Bertz CT molecular complexity index is 1230. The molecule has 4 rings (SSSR count). The number of aromatic nitrogens is 1. The number of nitrogens with one attached hydrogen (secondary N) is 1. The summed E-state index contributed by atoms with van der Waals surface area (Å²) in [6.07, 6.45) is 4.98. The Labute approximate surface area is 203 Å². The predicted octanol–water partition coefficient (Wildman–Crippen LogP) is 3.66. The first-order chi connectivity index (χ1) is 16.3. The quantitative estimate of drug-likeness (QED) is 0.447. The molecule has 0 spiro atoms. The van der Waals surface area contributed by atoms with Crippen molar-refractivity contribution in [3.63, 3.8) is 0 Å². The summed E-state index contributed by atoms with van der Waals surface area (Å²) < 4.78 is 23.3. The molecule has 1 aliphatic rings. The Balaban J connectivity index is 1.83. The van der Waals surface area contributed by atoms with E-state index < -0.39 is 29.6 Å². The number of nitrogens with zero attached hydrogens (tertiary/aromatic N) is 2. The Morgan fingerprint density at radius 1 is 1.26 bits per heavy atom. The second kappa shape index (κ2) is 9.82. The monoisotopic (exact) mass is 505 g/mol. The van der Waals surface area contributed by atoms with Crippen molar-refractivity contribution in [3.8, 4) is 0 Å². The largest absolute Gasteiger partial charge is 0.467 e. The first-order valence-electron chi connectivity index (χ1n) is 10.4. The fourth-order valence-electron chi connectivity index (χ4n) is 3.93. The van der Waals surface area contributed by atoms with Gasteiger partial charge in [0.25, 0.3) is 17.7 Å². The van der Waals surface area contributed by atoms with Gasteiger partial charge in [0.05, 0.1) is 17.0 Å². The fraction of sp³-hybridized carbons (Fsp3) is 0.273. The highest BCUT2D eigenvalue weighted by atomic mass is 35.5. The maximum atomic E-state index is 13.9. The molecule has 2 heterocycles. The number of furan rings is 1. The van der Waals surface area contributed by atoms with Crippen molar-refractivity contribution in [3.05, 3.63) is 63.8 Å². The van der Waals surface area contributed by atoms with Gasteiger partial charge in [-0.25, -0.2) is 4.39 Å². The van der Waals surface area contributed by atoms with Crippen molar-refractivity contribution in [1.82, 2.24) is 9.69 Å². The van der Waals surface area contributed by atoms with Crippen LogP contribution in [0.25, 0.3) is 0 Å². The molecule has 0 bridgehead atoms. The van der Waals surface area contributed by atoms with Crippen LogP contribution >= 0.6 is 23.1 Å². The summed E-state index contributed by atoms with van der Waals surface area (Å²) in [4.78, 5) is 39.9. The normalized spacial score (nSPS) is 14.6. The summed E-state index contributed by atoms with van der Waals surface area (Å²) in [6.45, 7) is 0. The third-order valence-electron chi connectivity index (χ3n) is 5.58. The molecule has 1 aromatic carbocycles. The number of anilines is 2. The van der Waals surface area contributed by atoms with Crippen LogP contribution in [0.15, 0.2) is 41.0 Å². The first-order valence-corrected chi connectivity index (χ1v) is 11.6. The molecule has 178 valence electrons. The van der Waals surface area contributed by atoms with Crippen molar-refractivity contribution >= 4 is 52.2 Å². The van der Waals surface area contributed by atoms with Crippen LogP contribution in [0.5, 0.6) is 0 Å². The average Bonchev–Trinajstić information content (AvgIpc) is 3.56. The van der Waals surface area contributed by atoms with E-state index in [0.29, 0.717) is 11.5 Å². The van der Waals surface area contributed by atoms with Crippen LogP contribution in [-0.2, 0) is 4.79 Å². The van der Waals surface area contributed by atoms with E-state index in [2.05, 4.69) is 9.69 Å². The lowest BCUT2D eigenvalue weighted by Gasteiger charge is -2.30. The van der Waals surface area contributed by atoms with E-state index in [0.717, 1.165) is 36.6 Å². The van der Waals surface area contributed by atoms with Crippen LogP contribution in [0.3, 0.4) is 0 Å². The van der Waals surface area contributed by atoms with E-state index >= 15 is 0 Å². The first kappa shape index (κ1) is 23.7. The fourth-order valence-corrected chi connectivity index (χ4v) is 4.84. The number of hydrogen-bond donors (Lipinski definition) is 3. The van der Waals surface area contributed by atoms with Crippen molar-refractivity contribution in [2.75, 3.05) is 10.6 Å². The van der Waals surface area contributed by atoms with Gasteiger partial charge in [0.2, 0.25) is 0 Å². The zero-order chi connectivity index (χ0) is 24.4. The number of nitrogens with two attached hydrogens (primary N) is 2. The van der Waals surface area contributed by atoms with Crippen LogP contribution < -0.4 is 21.7 Å². The van der Waals surface area contributed by atoms with Crippen molar-refractivity contribution in [2.24, 2.45) is 5.73 Å². The maximum Gasteiger partial charge on any atom is 0.273 e. The molecular weight excluding hydrogens is 485 g/mol. The molecule has 1 atom stereocenters. The summed E-state index contributed by atoms with van der Waals surface area (Å²) in [5.74, 6) is -2.67. The van der Waals surface area contributed by atoms with E-state index in [-0.39, 0.29) is 38.8 Å². The molecule has 1 aliphatic carbocycles. The third-order valence-corrected chi connectivity index (χ3v) is 6.72. The van der Waals surface area contributed by atoms with E-state index in [1.807, 2.05) is 0 Å². The summed E-state index contributed by atoms with van der Waals surface area (Å²) in [5, 5.41) is 2.72. The number of hydrogen-bond acceptors (Lipinski definition) is 7. The van der Waals surface area contributed by atoms with Gasteiger partial charge in [-0.2, -0.15) is 4.37 Å². The Morgan fingerprint density at radius 2 is 2.00 bits per heavy atom. The number of rotatable bonds is 7. The van der Waals surface area contributed by atoms with Crippen LogP contribution in [-0.4, -0.2) is 28.1 Å². The highest BCUT2D eigenvalue weighted by Gasteiger charge is 2.38. The number of carbonyl (C=O) groups is 3. The molecule has 12 heteroatoms. The molecule has 0 unspecified atom stereocenters. The summed E-state index contributed by atoms with van der Waals surface area (Å²) in [6, 6.07) is 5.42. The summed E-state index contributed by atoms with van der Waals surface area (Å²) in [7, 11) is 0. The molecule has 3 amide bonds. The van der Waals surface area contributed by atoms with Crippen LogP contribution in [0.1, 0.15) is 57.6 Å². The second-order valence-corrected chi connectivity index (χ2v) is 9.00. The molecule has 0 saturated heterocycles. The van der Waals surface area contributed by atoms with E-state index in [1.54, 1.807) is 12.1 Å². The smallest absolute Gasteiger partial charge is 0.273 e. The molecule has 0 aliphatic heterocycles. The minimum absolute atomic E-state index is 0.0475. The van der Waals surface area contributed by atoms with Crippen LogP contribution in [0.2, 0.25) is 5.02 Å². The number of amides is 3. The third kappa shape index (κ3) is 4.62. The molecule has 34 heavy (non-hydrogen) atoms. The number of nitrogen functional groups attached to an aromatic ring is 1. The van der Waals surface area contributed by atoms with Crippen molar-refractivity contribution in [2.45, 2.75) is 37.8 Å². The Morgan fingerprint density at radius 3 is 2.59 bits per heavy atom. The lowest BCUT2D eigenvalue weighted by molar-refractivity contribution is -0.123. The predicted molar refractivity (Wildman–Crippen MR) is 125 cm³/mol. The average molecular weight is 506 g/mol. The maximum absolute atomic E-state index is 13.9. The Kier molecular flexibility index (Phi) is 6.85. The van der Waals surface area contributed by atoms with Gasteiger partial charge in [-0.05, 0) is 54.7 Å². The van der Waals surface area contributed by atoms with Gasteiger partial charge in [0.15, 0.2) is 11.7 Å². The van der Waals surface area contributed by atoms with Crippen molar-refractivity contribution < 1.29 is 23.2 Å². The summed E-state index contributed by atoms with van der Waals surface area (Å²) >= 11 is 6.67. The number of halogens is 2. The van der Waals surface area contributed by atoms with E-state index in [4.69, 9.17) is 27.5 Å². The van der Waals surface area contributed by atoms with Crippen LogP contribution in [0.4, 0.5) is 15.8 Å². The van der Waals surface area contributed by atoms with Crippen LogP contribution in [0, 0.1) is 5.82 Å². The van der Waals surface area contributed by atoms with Gasteiger partial charge in [-0.1, -0.05) is 24.4 Å². The molecule has 1 saturated carbocycles. The van der Waals surface area contributed by atoms with Gasteiger partial charge < -0.3 is 21.2 Å². The lowest BCUT2D eigenvalue weighted by Crippen LogP contribution is -2.46. The standard InChI is InChI=1S/C22H21ClFN5O4S/c23-13-10-12(7-8-14(13)24)29(22(32)19-16(25)17(20(26)30)28-34-19)18(15-6-3-9-33-15)21(31)27-11-4-1-2-5-11/h3,6-11,18H,1-2,4-5,25H2,(H2,26,30)(H,27,31)/t18-/m1/s1. The number of benzene rings is 1. The second-order valence-electron chi connectivity index (χ2n) is 7.82. The number of primary amides is 1. The molecule has 0 radical (unpaired) electrons. The highest BCUT2D eigenvalue weighted by molar-refractivity contribution is 7.09. The zero-order valence-electron chi connectivity index (χ0n) is 17.8. The van der Waals surface area contributed by atoms with E-state index in [9.17, 15) is 18.8 Å². The summed E-state index contributed by atoms with van der Waals surface area (Å²) in [5.41, 5.74) is 10.9. The highest BCUT2D eigenvalue weighted by Crippen LogP contribution is 2.35. The minimum Gasteiger partial charge on any atom is -0.467 e. The lowest BCUT2D eigenvalue weighted by atomic mass is 10.1. The van der Waals surface area contributed by atoms with Gasteiger partial charge in [0, 0.05) is 11.7 Å². The molecule has 5 N–H and O–H groups in total. The van der Waals surface area contributed by atoms with E-state index in [1.165, 1.54) is 18.4 Å². The van der Waals surface area contributed by atoms with Gasteiger partial charge in [-0.3, -0.25) is 19.3 Å². The Hall–Kier alpha value is -3.44. The molecule has 3 aromatic rings. The molecular formula is C22H21ClFN5O4S. The SMILES string of the molecule is NC(=O)c1nsc(C(=O)N(c2ccc(F)c(Cl)c2)[C@@H](C(=O)NC2CCCC2)c2ccco2)c1N. The minimum atomic E-state index is -1.27. The van der Waals surface area contributed by atoms with Gasteiger partial charge in [-0.15, -0.1) is 0 Å². The van der Waals surface area contributed by atoms with Gasteiger partial charge in [0.1, 0.15) is 16.5 Å². The molecule has 2 aromatic heterocycles.